The van der Waals surface area contributed by atoms with Crippen LogP contribution in [-0.4, -0.2) is 28.2 Å². The number of rotatable bonds is 6. The molecule has 0 bridgehead atoms. The Morgan fingerprint density at radius 3 is 2.43 bits per heavy atom. The minimum atomic E-state index is -3.86. The van der Waals surface area contributed by atoms with Crippen LogP contribution in [0.1, 0.15) is 25.2 Å². The van der Waals surface area contributed by atoms with E-state index in [1.807, 2.05) is 26.0 Å². The summed E-state index contributed by atoms with van der Waals surface area (Å²) in [6, 6.07) is 3.84. The van der Waals surface area contributed by atoms with Crippen LogP contribution in [0.2, 0.25) is 0 Å². The summed E-state index contributed by atoms with van der Waals surface area (Å²) in [7, 11) is -3.86. The standard InChI is InChI=1S/C13H19N5O2S/c1-10(2)9-18-12(16-17-13(18)21(14,19)20)4-3-11-5-7-15-8-6-11/h5-8,10H,3-4,9H2,1-2H3,(H2,14,19,20). The molecule has 0 aliphatic rings. The molecule has 2 heterocycles. The maximum atomic E-state index is 11.6. The van der Waals surface area contributed by atoms with Crippen LogP contribution in [0.4, 0.5) is 0 Å². The summed E-state index contributed by atoms with van der Waals surface area (Å²) in [4.78, 5) is 3.96. The van der Waals surface area contributed by atoms with Crippen LogP contribution in [0.3, 0.4) is 0 Å². The van der Waals surface area contributed by atoms with Crippen molar-refractivity contribution < 1.29 is 8.42 Å². The summed E-state index contributed by atoms with van der Waals surface area (Å²) in [5.74, 6) is 0.894. The minimum absolute atomic E-state index is 0.166. The average Bonchev–Trinajstić information content (AvgIpc) is 2.79. The lowest BCUT2D eigenvalue weighted by Crippen LogP contribution is -2.21. The molecule has 8 heteroatoms. The Labute approximate surface area is 124 Å². The van der Waals surface area contributed by atoms with Crippen molar-refractivity contribution in [1.82, 2.24) is 19.7 Å². The van der Waals surface area contributed by atoms with E-state index in [2.05, 4.69) is 15.2 Å². The lowest BCUT2D eigenvalue weighted by Gasteiger charge is -2.11. The molecule has 0 saturated heterocycles. The van der Waals surface area contributed by atoms with Crippen LogP contribution >= 0.6 is 0 Å². The first-order valence-corrected chi connectivity index (χ1v) is 8.26. The minimum Gasteiger partial charge on any atom is -0.300 e. The molecule has 114 valence electrons. The predicted octanol–water partition coefficient (Wildman–Crippen LogP) is 0.762. The molecule has 21 heavy (non-hydrogen) atoms. The first kappa shape index (κ1) is 15.6. The van der Waals surface area contributed by atoms with E-state index < -0.39 is 10.0 Å². The zero-order chi connectivity index (χ0) is 15.5. The summed E-state index contributed by atoms with van der Waals surface area (Å²) in [5.41, 5.74) is 1.11. The van der Waals surface area contributed by atoms with Crippen molar-refractivity contribution in [3.8, 4) is 0 Å². The number of aromatic nitrogens is 4. The number of primary sulfonamides is 1. The van der Waals surface area contributed by atoms with E-state index in [9.17, 15) is 8.42 Å². The van der Waals surface area contributed by atoms with E-state index in [0.717, 1.165) is 12.0 Å². The second kappa shape index (κ2) is 6.31. The van der Waals surface area contributed by atoms with Gasteiger partial charge in [-0.15, -0.1) is 10.2 Å². The summed E-state index contributed by atoms with van der Waals surface area (Å²) in [5, 5.41) is 12.8. The van der Waals surface area contributed by atoms with Gasteiger partial charge in [-0.2, -0.15) is 0 Å². The van der Waals surface area contributed by atoms with E-state index in [4.69, 9.17) is 5.14 Å². The van der Waals surface area contributed by atoms with Gasteiger partial charge in [-0.25, -0.2) is 13.6 Å². The maximum absolute atomic E-state index is 11.6. The summed E-state index contributed by atoms with van der Waals surface area (Å²) in [6.45, 7) is 4.52. The molecule has 2 aromatic rings. The Bertz CT molecular complexity index is 695. The normalized spacial score (nSPS) is 12.0. The van der Waals surface area contributed by atoms with Crippen LogP contribution in [0.25, 0.3) is 0 Å². The van der Waals surface area contributed by atoms with Gasteiger partial charge in [-0.05, 0) is 30.0 Å². The lowest BCUT2D eigenvalue weighted by molar-refractivity contribution is 0.469. The second-order valence-corrected chi connectivity index (χ2v) is 6.76. The van der Waals surface area contributed by atoms with Crippen molar-refractivity contribution >= 4 is 10.0 Å². The molecule has 0 unspecified atom stereocenters. The third-order valence-corrected chi connectivity index (χ3v) is 3.79. The molecule has 7 nitrogen and oxygen atoms in total. The molecule has 0 aliphatic carbocycles. The zero-order valence-corrected chi connectivity index (χ0v) is 12.9. The first-order valence-electron chi connectivity index (χ1n) is 6.71. The number of hydrogen-bond donors (Lipinski definition) is 1. The number of nitrogens with zero attached hydrogens (tertiary/aromatic N) is 4. The van der Waals surface area contributed by atoms with Gasteiger partial charge >= 0.3 is 0 Å². The van der Waals surface area contributed by atoms with Crippen LogP contribution in [0.5, 0.6) is 0 Å². The Hall–Kier alpha value is -1.80. The van der Waals surface area contributed by atoms with Crippen molar-refractivity contribution in [3.05, 3.63) is 35.9 Å². The highest BCUT2D eigenvalue weighted by molar-refractivity contribution is 7.89. The number of pyridine rings is 1. The molecule has 2 rings (SSSR count). The van der Waals surface area contributed by atoms with Gasteiger partial charge in [0.05, 0.1) is 0 Å². The Morgan fingerprint density at radius 2 is 1.86 bits per heavy atom. The monoisotopic (exact) mass is 309 g/mol. The van der Waals surface area contributed by atoms with Crippen molar-refractivity contribution in [1.29, 1.82) is 0 Å². The van der Waals surface area contributed by atoms with Gasteiger partial charge in [0.25, 0.3) is 15.2 Å². The number of sulfonamides is 1. The molecule has 0 radical (unpaired) electrons. The Kier molecular flexibility index (Phi) is 4.69. The van der Waals surface area contributed by atoms with Gasteiger partial charge in [0.15, 0.2) is 0 Å². The Morgan fingerprint density at radius 1 is 1.19 bits per heavy atom. The van der Waals surface area contributed by atoms with E-state index >= 15 is 0 Å². The number of aryl methyl sites for hydroxylation is 2. The second-order valence-electron chi connectivity index (χ2n) is 5.30. The van der Waals surface area contributed by atoms with E-state index in [1.165, 1.54) is 0 Å². The van der Waals surface area contributed by atoms with Crippen LogP contribution in [0, 0.1) is 5.92 Å². The zero-order valence-electron chi connectivity index (χ0n) is 12.1. The quantitative estimate of drug-likeness (QED) is 0.848. The highest BCUT2D eigenvalue weighted by Crippen LogP contribution is 2.13. The summed E-state index contributed by atoms with van der Waals surface area (Å²) in [6.07, 6.45) is 4.79. The predicted molar refractivity (Wildman–Crippen MR) is 77.9 cm³/mol. The molecule has 2 aromatic heterocycles. The third-order valence-electron chi connectivity index (χ3n) is 2.98. The molecule has 0 spiro atoms. The van der Waals surface area contributed by atoms with Gasteiger partial charge in [-0.1, -0.05) is 13.8 Å². The lowest BCUT2D eigenvalue weighted by atomic mass is 10.1. The van der Waals surface area contributed by atoms with Crippen LogP contribution in [0.15, 0.2) is 29.7 Å². The summed E-state index contributed by atoms with van der Waals surface area (Å²) >= 11 is 0. The van der Waals surface area contributed by atoms with Gasteiger partial charge in [-0.3, -0.25) is 4.98 Å². The Balaban J connectivity index is 2.25. The molecular formula is C13H19N5O2S. The van der Waals surface area contributed by atoms with E-state index in [-0.39, 0.29) is 11.1 Å². The highest BCUT2D eigenvalue weighted by atomic mass is 32.2. The third kappa shape index (κ3) is 4.08. The van der Waals surface area contributed by atoms with Gasteiger partial charge < -0.3 is 4.57 Å². The van der Waals surface area contributed by atoms with Crippen molar-refractivity contribution in [2.75, 3.05) is 0 Å². The largest absolute Gasteiger partial charge is 0.300 e. The van der Waals surface area contributed by atoms with Gasteiger partial charge in [0, 0.05) is 25.4 Å². The molecule has 0 atom stereocenters. The number of hydrogen-bond acceptors (Lipinski definition) is 5. The maximum Gasteiger partial charge on any atom is 0.273 e. The molecule has 0 fully saturated rings. The van der Waals surface area contributed by atoms with E-state index in [1.54, 1.807) is 17.0 Å². The molecule has 0 aromatic carbocycles. The van der Waals surface area contributed by atoms with Crippen molar-refractivity contribution in [2.45, 2.75) is 38.4 Å². The van der Waals surface area contributed by atoms with Crippen molar-refractivity contribution in [2.24, 2.45) is 11.1 Å². The molecule has 0 aliphatic heterocycles. The fourth-order valence-electron chi connectivity index (χ4n) is 2.07. The van der Waals surface area contributed by atoms with Crippen molar-refractivity contribution in [3.63, 3.8) is 0 Å². The first-order chi connectivity index (χ1) is 9.88. The van der Waals surface area contributed by atoms with Gasteiger partial charge in [0.2, 0.25) is 0 Å². The fourth-order valence-corrected chi connectivity index (χ4v) is 2.71. The molecule has 2 N–H and O–H groups in total. The molecule has 0 saturated carbocycles. The smallest absolute Gasteiger partial charge is 0.273 e. The van der Waals surface area contributed by atoms with Crippen LogP contribution < -0.4 is 5.14 Å². The number of nitrogens with two attached hydrogens (primary N) is 1. The molecule has 0 amide bonds. The van der Waals surface area contributed by atoms with E-state index in [0.29, 0.717) is 18.8 Å². The highest BCUT2D eigenvalue weighted by Gasteiger charge is 2.21. The average molecular weight is 309 g/mol. The van der Waals surface area contributed by atoms with Crippen LogP contribution in [-0.2, 0) is 29.4 Å². The fraction of sp³-hybridized carbons (Fsp3) is 0.462. The SMILES string of the molecule is CC(C)Cn1c(CCc2ccncc2)nnc1S(N)(=O)=O. The summed E-state index contributed by atoms with van der Waals surface area (Å²) < 4.78 is 24.7. The van der Waals surface area contributed by atoms with Gasteiger partial charge in [0.1, 0.15) is 5.82 Å². The molecular weight excluding hydrogens is 290 g/mol. The topological polar surface area (TPSA) is 104 Å².